The van der Waals surface area contributed by atoms with Crippen molar-refractivity contribution in [3.05, 3.63) is 41.5 Å². The Morgan fingerprint density at radius 2 is 1.82 bits per heavy atom. The molecule has 9 nitrogen and oxygen atoms in total. The van der Waals surface area contributed by atoms with E-state index in [-0.39, 0.29) is 76.0 Å². The molecule has 2 aromatic heterocycles. The number of nitrogens with one attached hydrogen (secondary N) is 1. The monoisotopic (exact) mass is 692 g/mol. The van der Waals surface area contributed by atoms with Crippen molar-refractivity contribution in [1.29, 1.82) is 0 Å². The Balaban J connectivity index is 1.43. The van der Waals surface area contributed by atoms with Crippen molar-refractivity contribution in [2.24, 2.45) is 11.3 Å². The highest BCUT2D eigenvalue weighted by Gasteiger charge is 2.45. The van der Waals surface area contributed by atoms with E-state index >= 15 is 8.78 Å². The molecule has 0 amide bonds. The van der Waals surface area contributed by atoms with Gasteiger partial charge >= 0.3 is 6.01 Å². The number of nitrogens with zero attached hydrogens (tertiary/aromatic N) is 5. The maximum absolute atomic E-state index is 17.2. The third-order valence-corrected chi connectivity index (χ3v) is 10.5. The van der Waals surface area contributed by atoms with Crippen LogP contribution in [-0.2, 0) is 0 Å². The molecule has 3 fully saturated rings. The van der Waals surface area contributed by atoms with Gasteiger partial charge in [0.25, 0.3) is 0 Å². The van der Waals surface area contributed by atoms with Crippen LogP contribution in [0.2, 0.25) is 0 Å². The minimum atomic E-state index is -2.54. The first-order valence-corrected chi connectivity index (χ1v) is 17.1. The fourth-order valence-corrected chi connectivity index (χ4v) is 8.00. The van der Waals surface area contributed by atoms with E-state index in [4.69, 9.17) is 20.9 Å². The Morgan fingerprint density at radius 1 is 1.06 bits per heavy atom. The highest BCUT2D eigenvalue weighted by molar-refractivity contribution is 6.04. The zero-order chi connectivity index (χ0) is 35.3. The summed E-state index contributed by atoms with van der Waals surface area (Å²) in [5.74, 6) is 0.0614. The van der Waals surface area contributed by atoms with Gasteiger partial charge in [-0.25, -0.2) is 22.5 Å². The smallest absolute Gasteiger partial charge is 0.319 e. The lowest BCUT2D eigenvalue weighted by atomic mass is 9.73. The second-order valence-electron chi connectivity index (χ2n) is 13.8. The van der Waals surface area contributed by atoms with Crippen LogP contribution < -0.4 is 19.7 Å². The maximum Gasteiger partial charge on any atom is 0.319 e. The van der Waals surface area contributed by atoms with Crippen molar-refractivity contribution in [2.45, 2.75) is 58.5 Å². The number of aromatic nitrogens is 3. The van der Waals surface area contributed by atoms with E-state index in [1.165, 1.54) is 24.3 Å². The number of fused-ring (bicyclic) bond motifs is 4. The van der Waals surface area contributed by atoms with Gasteiger partial charge in [0.2, 0.25) is 12.3 Å². The quantitative estimate of drug-likeness (QED) is 0.159. The third kappa shape index (κ3) is 6.02. The predicted octanol–water partition coefficient (Wildman–Crippen LogP) is 6.14. The first kappa shape index (κ1) is 34.1. The van der Waals surface area contributed by atoms with Gasteiger partial charge in [-0.15, -0.1) is 6.42 Å². The molecule has 2 bridgehead atoms. The molecule has 0 radical (unpaired) electrons. The lowest BCUT2D eigenvalue weighted by Gasteiger charge is -2.45. The number of hydrogen-bond acceptors (Lipinski definition) is 9. The molecule has 50 heavy (non-hydrogen) atoms. The first-order valence-electron chi connectivity index (χ1n) is 17.1. The van der Waals surface area contributed by atoms with Crippen LogP contribution in [0.15, 0.2) is 24.3 Å². The SMILES string of the molecule is C#Cc1c(F)ccc2cc(O)cc(-c3nc(OCC)c4c(N5C[C@H]6CC[C@@H](C5)N6)nc(OC[C@]5(C)CN(CC)CC[C@@H]5C(F)F)nc4c3F)c12. The third-order valence-electron chi connectivity index (χ3n) is 10.5. The molecule has 264 valence electrons. The number of benzene rings is 2. The zero-order valence-electron chi connectivity index (χ0n) is 28.3. The minimum Gasteiger partial charge on any atom is -0.508 e. The van der Waals surface area contributed by atoms with Gasteiger partial charge in [-0.3, -0.25) is 0 Å². The Bertz CT molecular complexity index is 1980. The van der Waals surface area contributed by atoms with Gasteiger partial charge in [-0.1, -0.05) is 25.8 Å². The molecule has 3 aliphatic heterocycles. The number of likely N-dealkylation sites (tertiary alicyclic amines) is 1. The standard InChI is InChI=1S/C37H40F4N6O3/c1-5-24-27(38)11-8-20-14-23(48)15-25(28(20)24)31-30(39)32-29(35(43-31)49-7-3)34(47-16-21-9-10-22(17-47)42-21)45-36(44-32)50-19-37(4)18-46(6-2)13-12-26(37)33(40)41/h1,8,11,14-15,21-22,26,33,42,48H,6-7,9-10,12-13,16-19H2,2-4H3/t21-,22+,26-,37+/m1/s1. The summed E-state index contributed by atoms with van der Waals surface area (Å²) in [6.07, 6.45) is 5.45. The highest BCUT2D eigenvalue weighted by atomic mass is 19.3. The number of piperazine rings is 1. The predicted molar refractivity (Wildman–Crippen MR) is 183 cm³/mol. The Labute approximate surface area is 288 Å². The summed E-state index contributed by atoms with van der Waals surface area (Å²) in [5, 5.41) is 15.0. The summed E-state index contributed by atoms with van der Waals surface area (Å²) in [6.45, 7) is 8.43. The zero-order valence-corrected chi connectivity index (χ0v) is 28.3. The molecule has 0 spiro atoms. The minimum absolute atomic E-state index is 0.0390. The molecule has 13 heteroatoms. The normalized spacial score (nSPS) is 23.9. The molecule has 5 heterocycles. The van der Waals surface area contributed by atoms with Gasteiger partial charge in [0.15, 0.2) is 5.82 Å². The van der Waals surface area contributed by atoms with E-state index in [2.05, 4.69) is 26.1 Å². The summed E-state index contributed by atoms with van der Waals surface area (Å²) in [4.78, 5) is 18.1. The number of rotatable bonds is 9. The molecule has 4 atom stereocenters. The summed E-state index contributed by atoms with van der Waals surface area (Å²) in [7, 11) is 0. The highest BCUT2D eigenvalue weighted by Crippen LogP contribution is 2.44. The van der Waals surface area contributed by atoms with Crippen molar-refractivity contribution in [3.63, 3.8) is 0 Å². The number of phenolic OH excluding ortho intramolecular Hbond substituents is 1. The van der Waals surface area contributed by atoms with E-state index in [1.807, 2.05) is 11.8 Å². The lowest BCUT2D eigenvalue weighted by molar-refractivity contribution is -0.0721. The summed E-state index contributed by atoms with van der Waals surface area (Å²) >= 11 is 0. The van der Waals surface area contributed by atoms with Crippen LogP contribution in [0.4, 0.5) is 23.4 Å². The molecule has 3 saturated heterocycles. The van der Waals surface area contributed by atoms with E-state index in [0.29, 0.717) is 50.3 Å². The molecule has 2 N–H and O–H groups in total. The molecule has 2 aromatic carbocycles. The summed E-state index contributed by atoms with van der Waals surface area (Å²) in [5.41, 5.74) is -1.44. The van der Waals surface area contributed by atoms with Gasteiger partial charge < -0.3 is 29.7 Å². The van der Waals surface area contributed by atoms with Gasteiger partial charge in [-0.2, -0.15) is 9.97 Å². The number of piperidine rings is 1. The van der Waals surface area contributed by atoms with Crippen LogP contribution >= 0.6 is 0 Å². The number of halogens is 4. The van der Waals surface area contributed by atoms with Crippen molar-refractivity contribution in [3.8, 4) is 41.2 Å². The fraction of sp³-hybridized carbons (Fsp3) is 0.486. The summed E-state index contributed by atoms with van der Waals surface area (Å²) in [6, 6.07) is 5.53. The number of phenols is 1. The number of pyridine rings is 1. The van der Waals surface area contributed by atoms with Crippen molar-refractivity contribution >= 4 is 27.5 Å². The molecule has 4 aromatic rings. The van der Waals surface area contributed by atoms with Gasteiger partial charge in [0.1, 0.15) is 34.0 Å². The number of ether oxygens (including phenoxy) is 2. The second kappa shape index (κ2) is 13.4. The number of terminal acetylenes is 1. The van der Waals surface area contributed by atoms with E-state index in [0.717, 1.165) is 12.8 Å². The fourth-order valence-electron chi connectivity index (χ4n) is 8.00. The number of hydrogen-bond donors (Lipinski definition) is 2. The van der Waals surface area contributed by atoms with Crippen LogP contribution in [0.25, 0.3) is 32.9 Å². The number of alkyl halides is 2. The second-order valence-corrected chi connectivity index (χ2v) is 13.8. The van der Waals surface area contributed by atoms with E-state index in [1.54, 1.807) is 13.8 Å². The van der Waals surface area contributed by atoms with Crippen LogP contribution in [0.5, 0.6) is 17.6 Å². The topological polar surface area (TPSA) is 95.9 Å². The van der Waals surface area contributed by atoms with Crippen LogP contribution in [0.1, 0.15) is 45.6 Å². The van der Waals surface area contributed by atoms with Crippen molar-refractivity contribution < 1.29 is 32.1 Å². The maximum atomic E-state index is 17.2. The first-order chi connectivity index (χ1) is 24.0. The average molecular weight is 693 g/mol. The molecule has 0 unspecified atom stereocenters. The van der Waals surface area contributed by atoms with Crippen LogP contribution in [-0.4, -0.2) is 89.4 Å². The van der Waals surface area contributed by atoms with Crippen LogP contribution in [0.3, 0.4) is 0 Å². The molecule has 3 aliphatic rings. The van der Waals surface area contributed by atoms with Crippen molar-refractivity contribution in [1.82, 2.24) is 25.2 Å². The summed E-state index contributed by atoms with van der Waals surface area (Å²) < 4.78 is 73.0. The molecule has 7 rings (SSSR count). The van der Waals surface area contributed by atoms with Gasteiger partial charge in [-0.05, 0) is 62.9 Å². The van der Waals surface area contributed by atoms with E-state index in [9.17, 15) is 13.9 Å². The van der Waals surface area contributed by atoms with E-state index < -0.39 is 29.4 Å². The lowest BCUT2D eigenvalue weighted by Crippen LogP contribution is -2.52. The van der Waals surface area contributed by atoms with Crippen molar-refractivity contribution in [2.75, 3.05) is 50.8 Å². The van der Waals surface area contributed by atoms with Gasteiger partial charge in [0.05, 0.1) is 18.8 Å². The Hall–Kier alpha value is -4.41. The molecule has 0 saturated carbocycles. The largest absolute Gasteiger partial charge is 0.508 e. The van der Waals surface area contributed by atoms with Gasteiger partial charge in [0, 0.05) is 54.0 Å². The number of aromatic hydroxyl groups is 1. The Kier molecular flexibility index (Phi) is 9.11. The molecule has 0 aliphatic carbocycles. The average Bonchev–Trinajstić information content (AvgIpc) is 3.44. The Morgan fingerprint density at radius 3 is 2.50 bits per heavy atom. The molecular weight excluding hydrogens is 652 g/mol. The van der Waals surface area contributed by atoms with Crippen LogP contribution in [0, 0.1) is 35.3 Å². The number of anilines is 1. The molecular formula is C37H40F4N6O3.